The molecule has 0 saturated carbocycles. The Kier molecular flexibility index (Phi) is 3.56. The van der Waals surface area contributed by atoms with Gasteiger partial charge in [-0.05, 0) is 50.3 Å². The lowest BCUT2D eigenvalue weighted by atomic mass is 9.99. The molecule has 0 radical (unpaired) electrons. The molecule has 3 nitrogen and oxygen atoms in total. The van der Waals surface area contributed by atoms with Crippen molar-refractivity contribution >= 4 is 5.91 Å². The van der Waals surface area contributed by atoms with Gasteiger partial charge in [0.2, 0.25) is 5.91 Å². The van der Waals surface area contributed by atoms with Crippen LogP contribution in [0.5, 0.6) is 0 Å². The predicted octanol–water partition coefficient (Wildman–Crippen LogP) is 2.41. The first-order valence-electron chi connectivity index (χ1n) is 7.37. The summed E-state index contributed by atoms with van der Waals surface area (Å²) in [7, 11) is 0. The summed E-state index contributed by atoms with van der Waals surface area (Å²) < 4.78 is 0. The third-order valence-electron chi connectivity index (χ3n) is 4.44. The summed E-state index contributed by atoms with van der Waals surface area (Å²) in [5.74, 6) is 0.309. The molecule has 0 aromatic heterocycles. The number of aryl methyl sites for hydroxylation is 1. The van der Waals surface area contributed by atoms with Gasteiger partial charge in [-0.3, -0.25) is 4.79 Å². The van der Waals surface area contributed by atoms with E-state index in [2.05, 4.69) is 41.4 Å². The van der Waals surface area contributed by atoms with Crippen LogP contribution in [0.4, 0.5) is 0 Å². The van der Waals surface area contributed by atoms with Crippen LogP contribution < -0.4 is 5.32 Å². The van der Waals surface area contributed by atoms with Crippen molar-refractivity contribution in [1.29, 1.82) is 0 Å². The molecule has 1 aromatic carbocycles. The Bertz CT molecular complexity index is 466. The highest BCUT2D eigenvalue weighted by Crippen LogP contribution is 2.34. The van der Waals surface area contributed by atoms with Crippen molar-refractivity contribution in [3.05, 3.63) is 35.4 Å². The summed E-state index contributed by atoms with van der Waals surface area (Å²) in [4.78, 5) is 14.7. The zero-order chi connectivity index (χ0) is 13.2. The first-order chi connectivity index (χ1) is 9.27. The molecule has 0 aliphatic carbocycles. The molecule has 1 N–H and O–H groups in total. The van der Waals surface area contributed by atoms with Crippen molar-refractivity contribution in [3.63, 3.8) is 0 Å². The van der Waals surface area contributed by atoms with Crippen LogP contribution in [-0.2, 0) is 4.79 Å². The summed E-state index contributed by atoms with van der Waals surface area (Å²) in [6.07, 6.45) is 4.34. The maximum absolute atomic E-state index is 12.6. The Labute approximate surface area is 115 Å². The van der Waals surface area contributed by atoms with Gasteiger partial charge in [0.15, 0.2) is 0 Å². The summed E-state index contributed by atoms with van der Waals surface area (Å²) in [6.45, 7) is 4.04. The van der Waals surface area contributed by atoms with E-state index in [1.807, 2.05) is 0 Å². The third kappa shape index (κ3) is 2.39. The average Bonchev–Trinajstić information content (AvgIpc) is 3.10. The van der Waals surface area contributed by atoms with Gasteiger partial charge in [-0.1, -0.05) is 24.3 Å². The number of benzene rings is 1. The lowest BCUT2D eigenvalue weighted by molar-refractivity contribution is -0.134. The van der Waals surface area contributed by atoms with Gasteiger partial charge < -0.3 is 10.2 Å². The molecule has 1 unspecified atom stereocenters. The van der Waals surface area contributed by atoms with Crippen molar-refractivity contribution in [2.24, 2.45) is 0 Å². The van der Waals surface area contributed by atoms with Crippen LogP contribution >= 0.6 is 0 Å². The number of amides is 1. The molecule has 2 saturated heterocycles. The lowest BCUT2D eigenvalue weighted by Crippen LogP contribution is -2.43. The molecular formula is C16H22N2O. The fourth-order valence-corrected chi connectivity index (χ4v) is 3.41. The SMILES string of the molecule is Cc1ccccc1C1CCCN1C(=O)[C@H]1CCCN1. The van der Waals surface area contributed by atoms with Gasteiger partial charge >= 0.3 is 0 Å². The molecule has 102 valence electrons. The maximum Gasteiger partial charge on any atom is 0.240 e. The van der Waals surface area contributed by atoms with Gasteiger partial charge in [0.1, 0.15) is 0 Å². The van der Waals surface area contributed by atoms with E-state index in [1.54, 1.807) is 0 Å². The molecule has 1 aromatic rings. The first-order valence-corrected chi connectivity index (χ1v) is 7.37. The van der Waals surface area contributed by atoms with Crippen molar-refractivity contribution < 1.29 is 4.79 Å². The quantitative estimate of drug-likeness (QED) is 0.883. The number of nitrogens with one attached hydrogen (secondary N) is 1. The van der Waals surface area contributed by atoms with Crippen LogP contribution in [0.3, 0.4) is 0 Å². The average molecular weight is 258 g/mol. The van der Waals surface area contributed by atoms with Crippen LogP contribution in [0.25, 0.3) is 0 Å². The molecule has 2 atom stereocenters. The van der Waals surface area contributed by atoms with Crippen molar-refractivity contribution in [1.82, 2.24) is 10.2 Å². The molecule has 2 aliphatic rings. The molecule has 1 amide bonds. The highest BCUT2D eigenvalue weighted by molar-refractivity contribution is 5.83. The molecule has 0 spiro atoms. The summed E-state index contributed by atoms with van der Waals surface area (Å²) in [5.41, 5.74) is 2.62. The molecule has 2 heterocycles. The monoisotopic (exact) mass is 258 g/mol. The Morgan fingerprint density at radius 2 is 2.11 bits per heavy atom. The van der Waals surface area contributed by atoms with Gasteiger partial charge in [-0.15, -0.1) is 0 Å². The Balaban J connectivity index is 1.81. The minimum Gasteiger partial charge on any atom is -0.334 e. The fraction of sp³-hybridized carbons (Fsp3) is 0.562. The smallest absolute Gasteiger partial charge is 0.240 e. The number of rotatable bonds is 2. The number of likely N-dealkylation sites (tertiary alicyclic amines) is 1. The first kappa shape index (κ1) is 12.7. The Morgan fingerprint density at radius 3 is 2.84 bits per heavy atom. The molecule has 3 rings (SSSR count). The summed E-state index contributed by atoms with van der Waals surface area (Å²) in [6, 6.07) is 8.81. The van der Waals surface area contributed by atoms with Crippen molar-refractivity contribution in [2.75, 3.05) is 13.1 Å². The van der Waals surface area contributed by atoms with E-state index in [0.717, 1.165) is 38.8 Å². The zero-order valence-electron chi connectivity index (χ0n) is 11.6. The normalized spacial score (nSPS) is 26.9. The molecule has 3 heteroatoms. The van der Waals surface area contributed by atoms with E-state index in [0.29, 0.717) is 5.91 Å². The molecule has 2 aliphatic heterocycles. The van der Waals surface area contributed by atoms with Crippen molar-refractivity contribution in [2.45, 2.75) is 44.7 Å². The lowest BCUT2D eigenvalue weighted by Gasteiger charge is -2.28. The Hall–Kier alpha value is -1.35. The van der Waals surface area contributed by atoms with Crippen molar-refractivity contribution in [3.8, 4) is 0 Å². The van der Waals surface area contributed by atoms with Crippen LogP contribution in [0.1, 0.15) is 42.9 Å². The summed E-state index contributed by atoms with van der Waals surface area (Å²) in [5, 5.41) is 3.33. The standard InChI is InChI=1S/C16H22N2O/c1-12-6-2-3-7-13(12)15-9-5-11-18(15)16(19)14-8-4-10-17-14/h2-3,6-7,14-15,17H,4-5,8-11H2,1H3/t14-,15?/m1/s1. The second-order valence-electron chi connectivity index (χ2n) is 5.70. The van der Waals surface area contributed by atoms with Crippen LogP contribution in [-0.4, -0.2) is 29.9 Å². The minimum atomic E-state index is 0.0598. The van der Waals surface area contributed by atoms with E-state index in [9.17, 15) is 4.79 Å². The molecule has 19 heavy (non-hydrogen) atoms. The minimum absolute atomic E-state index is 0.0598. The Morgan fingerprint density at radius 1 is 1.26 bits per heavy atom. The number of hydrogen-bond donors (Lipinski definition) is 1. The van der Waals surface area contributed by atoms with E-state index >= 15 is 0 Å². The largest absolute Gasteiger partial charge is 0.334 e. The topological polar surface area (TPSA) is 32.3 Å². The van der Waals surface area contributed by atoms with Gasteiger partial charge in [-0.25, -0.2) is 0 Å². The maximum atomic E-state index is 12.6. The van der Waals surface area contributed by atoms with Gasteiger partial charge in [-0.2, -0.15) is 0 Å². The van der Waals surface area contributed by atoms with Crippen LogP contribution in [0.2, 0.25) is 0 Å². The summed E-state index contributed by atoms with van der Waals surface area (Å²) >= 11 is 0. The van der Waals surface area contributed by atoms with Crippen LogP contribution in [0.15, 0.2) is 24.3 Å². The van der Waals surface area contributed by atoms with E-state index in [1.165, 1.54) is 11.1 Å². The number of hydrogen-bond acceptors (Lipinski definition) is 2. The second kappa shape index (κ2) is 5.33. The molecule has 2 fully saturated rings. The van der Waals surface area contributed by atoms with E-state index < -0.39 is 0 Å². The second-order valence-corrected chi connectivity index (χ2v) is 5.70. The molecule has 0 bridgehead atoms. The zero-order valence-corrected chi connectivity index (χ0v) is 11.6. The third-order valence-corrected chi connectivity index (χ3v) is 4.44. The van der Waals surface area contributed by atoms with Crippen LogP contribution in [0, 0.1) is 6.92 Å². The number of nitrogens with zero attached hydrogens (tertiary/aromatic N) is 1. The fourth-order valence-electron chi connectivity index (χ4n) is 3.41. The van der Waals surface area contributed by atoms with Gasteiger partial charge in [0, 0.05) is 6.54 Å². The highest BCUT2D eigenvalue weighted by atomic mass is 16.2. The predicted molar refractivity (Wildman–Crippen MR) is 75.9 cm³/mol. The molecular weight excluding hydrogens is 236 g/mol. The highest BCUT2D eigenvalue weighted by Gasteiger charge is 2.35. The van der Waals surface area contributed by atoms with Gasteiger partial charge in [0.25, 0.3) is 0 Å². The number of carbonyl (C=O) groups excluding carboxylic acids is 1. The van der Waals surface area contributed by atoms with Gasteiger partial charge in [0.05, 0.1) is 12.1 Å². The van der Waals surface area contributed by atoms with E-state index in [-0.39, 0.29) is 12.1 Å². The van der Waals surface area contributed by atoms with E-state index in [4.69, 9.17) is 0 Å². The number of carbonyl (C=O) groups is 1.